The molecule has 0 atom stereocenters. The number of hydrogen-bond acceptors (Lipinski definition) is 6. The van der Waals surface area contributed by atoms with Gasteiger partial charge in [0, 0.05) is 49.6 Å². The van der Waals surface area contributed by atoms with Gasteiger partial charge in [-0.2, -0.15) is 0 Å². The smallest absolute Gasteiger partial charge is 0.144 e. The number of para-hydroxylation sites is 1. The molecular formula is C30H40N4O2. The van der Waals surface area contributed by atoms with E-state index in [9.17, 15) is 4.79 Å². The van der Waals surface area contributed by atoms with Crippen LogP contribution in [0.1, 0.15) is 64.6 Å². The third-order valence-corrected chi connectivity index (χ3v) is 6.48. The van der Waals surface area contributed by atoms with Gasteiger partial charge in [0.05, 0.1) is 12.6 Å². The number of carbonyl (C=O) groups excluding carboxylic acids is 1. The van der Waals surface area contributed by atoms with E-state index in [-0.39, 0.29) is 0 Å². The van der Waals surface area contributed by atoms with Crippen LogP contribution >= 0.6 is 0 Å². The summed E-state index contributed by atoms with van der Waals surface area (Å²) in [5, 5.41) is 4.60. The van der Waals surface area contributed by atoms with E-state index in [1.807, 2.05) is 56.4 Å². The number of allylic oxidation sites excluding steroid dienone is 2. The minimum absolute atomic E-state index is 0.378. The zero-order valence-corrected chi connectivity index (χ0v) is 22.2. The molecule has 0 saturated carbocycles. The second-order valence-corrected chi connectivity index (χ2v) is 9.07. The number of unbranched alkanes of at least 4 members (excludes halogenated alkanes) is 4. The van der Waals surface area contributed by atoms with Gasteiger partial charge in [-0.15, -0.1) is 0 Å². The van der Waals surface area contributed by atoms with Crippen LogP contribution in [0.25, 0.3) is 10.9 Å². The van der Waals surface area contributed by atoms with Crippen LogP contribution in [-0.4, -0.2) is 36.5 Å². The Morgan fingerprint density at radius 3 is 2.44 bits per heavy atom. The number of fused-ring (bicyclic) bond motifs is 1. The zero-order valence-electron chi connectivity index (χ0n) is 22.2. The average Bonchev–Trinajstić information content (AvgIpc) is 2.92. The number of anilines is 2. The summed E-state index contributed by atoms with van der Waals surface area (Å²) in [6.07, 6.45) is 9.79. The van der Waals surface area contributed by atoms with Gasteiger partial charge in [-0.25, -0.2) is 9.97 Å². The summed E-state index contributed by atoms with van der Waals surface area (Å²) >= 11 is 0. The van der Waals surface area contributed by atoms with E-state index in [4.69, 9.17) is 14.7 Å². The number of nitrogens with one attached hydrogen (secondary N) is 1. The highest BCUT2D eigenvalue weighted by atomic mass is 16.5. The maximum atomic E-state index is 11.4. The fourth-order valence-corrected chi connectivity index (χ4v) is 4.21. The lowest BCUT2D eigenvalue weighted by Crippen LogP contribution is -2.19. The van der Waals surface area contributed by atoms with Crippen molar-refractivity contribution in [3.8, 4) is 5.75 Å². The number of hydrogen-bond donors (Lipinski definition) is 1. The first-order valence-electron chi connectivity index (χ1n) is 13.1. The lowest BCUT2D eigenvalue weighted by molar-refractivity contribution is -0.118. The van der Waals surface area contributed by atoms with Gasteiger partial charge in [0.1, 0.15) is 23.2 Å². The molecule has 36 heavy (non-hydrogen) atoms. The Hall–Kier alpha value is -3.41. The number of carbonyl (C=O) groups is 1. The average molecular weight is 489 g/mol. The number of ether oxygens (including phenoxy) is 1. The molecule has 3 aromatic rings. The lowest BCUT2D eigenvalue weighted by Gasteiger charge is -2.21. The molecule has 2 aromatic carbocycles. The molecule has 1 heterocycles. The molecular weight excluding hydrogens is 448 g/mol. The zero-order chi connectivity index (χ0) is 25.8. The van der Waals surface area contributed by atoms with Gasteiger partial charge in [0.25, 0.3) is 0 Å². The topological polar surface area (TPSA) is 67.3 Å². The number of aromatic nitrogens is 2. The monoisotopic (exact) mass is 488 g/mol. The molecule has 0 amide bonds. The normalized spacial score (nSPS) is 11.5. The lowest BCUT2D eigenvalue weighted by atomic mass is 10.1. The van der Waals surface area contributed by atoms with Crippen molar-refractivity contribution < 1.29 is 9.53 Å². The standard InChI is InChI=1S/C30H40N4O2/c1-5-23(31-21-13-9-7-8-10-14-25(35)6-2)22-29-32-28-16-12-11-15-27(28)30(33-29)34(3)24-17-19-26(36-4)20-18-24/h5,11-12,15-20,31H,6-10,13-14,21-22H2,1-4H3/b23-5-. The third-order valence-electron chi connectivity index (χ3n) is 6.48. The summed E-state index contributed by atoms with van der Waals surface area (Å²) in [4.78, 5) is 23.3. The first-order chi connectivity index (χ1) is 17.5. The Balaban J connectivity index is 1.61. The van der Waals surface area contributed by atoms with Crippen LogP contribution in [-0.2, 0) is 11.2 Å². The van der Waals surface area contributed by atoms with Crippen LogP contribution in [0.3, 0.4) is 0 Å². The van der Waals surface area contributed by atoms with E-state index in [1.54, 1.807) is 7.11 Å². The molecule has 0 unspecified atom stereocenters. The van der Waals surface area contributed by atoms with Crippen molar-refractivity contribution in [2.24, 2.45) is 0 Å². The van der Waals surface area contributed by atoms with Gasteiger partial charge in [0.2, 0.25) is 0 Å². The second kappa shape index (κ2) is 14.2. The summed E-state index contributed by atoms with van der Waals surface area (Å²) in [7, 11) is 3.71. The molecule has 6 nitrogen and oxygen atoms in total. The minimum atomic E-state index is 0.378. The molecule has 0 bridgehead atoms. The Morgan fingerprint density at radius 1 is 1.00 bits per heavy atom. The van der Waals surface area contributed by atoms with Crippen molar-refractivity contribution in [1.29, 1.82) is 0 Å². The quantitative estimate of drug-likeness (QED) is 0.238. The van der Waals surface area contributed by atoms with Gasteiger partial charge in [-0.3, -0.25) is 4.79 Å². The minimum Gasteiger partial charge on any atom is -0.497 e. The number of benzene rings is 2. The Labute approximate surface area is 215 Å². The van der Waals surface area contributed by atoms with Crippen LogP contribution in [0, 0.1) is 0 Å². The molecule has 3 rings (SSSR count). The van der Waals surface area contributed by atoms with E-state index in [0.717, 1.165) is 71.9 Å². The molecule has 1 N–H and O–H groups in total. The SMILES string of the molecule is C/C=C(/Cc1nc(N(C)c2ccc(OC)cc2)c2ccccc2n1)NCCCCCCCC(=O)CC. The van der Waals surface area contributed by atoms with Crippen molar-refractivity contribution in [2.75, 3.05) is 25.6 Å². The molecule has 1 aromatic heterocycles. The first kappa shape index (κ1) is 27.2. The van der Waals surface area contributed by atoms with Crippen molar-refractivity contribution in [1.82, 2.24) is 15.3 Å². The highest BCUT2D eigenvalue weighted by Crippen LogP contribution is 2.30. The van der Waals surface area contributed by atoms with Crippen molar-refractivity contribution in [3.05, 3.63) is 66.1 Å². The molecule has 0 aliphatic carbocycles. The summed E-state index contributed by atoms with van der Waals surface area (Å²) < 4.78 is 5.31. The van der Waals surface area contributed by atoms with Crippen molar-refractivity contribution in [3.63, 3.8) is 0 Å². The fourth-order valence-electron chi connectivity index (χ4n) is 4.21. The predicted molar refractivity (Wildman–Crippen MR) is 149 cm³/mol. The van der Waals surface area contributed by atoms with Crippen molar-refractivity contribution >= 4 is 28.2 Å². The number of nitrogens with zero attached hydrogens (tertiary/aromatic N) is 3. The third kappa shape index (κ3) is 7.80. The first-order valence-corrected chi connectivity index (χ1v) is 13.1. The fraction of sp³-hybridized carbons (Fsp3) is 0.433. The molecule has 0 aliphatic heterocycles. The maximum Gasteiger partial charge on any atom is 0.144 e. The van der Waals surface area contributed by atoms with Crippen LogP contribution in [0.5, 0.6) is 5.75 Å². The largest absolute Gasteiger partial charge is 0.497 e. The number of rotatable bonds is 15. The second-order valence-electron chi connectivity index (χ2n) is 9.07. The van der Waals surface area contributed by atoms with Crippen LogP contribution in [0.15, 0.2) is 60.3 Å². The molecule has 0 fully saturated rings. The molecule has 0 aliphatic rings. The van der Waals surface area contributed by atoms with Crippen LogP contribution < -0.4 is 15.0 Å². The van der Waals surface area contributed by atoms with E-state index in [2.05, 4.69) is 29.3 Å². The van der Waals surface area contributed by atoms with Gasteiger partial charge in [0.15, 0.2) is 0 Å². The Bertz CT molecular complexity index is 1140. The van der Waals surface area contributed by atoms with Crippen LogP contribution in [0.2, 0.25) is 0 Å². The summed E-state index contributed by atoms with van der Waals surface area (Å²) in [5.41, 5.74) is 3.11. The molecule has 0 radical (unpaired) electrons. The van der Waals surface area contributed by atoms with Crippen LogP contribution in [0.4, 0.5) is 11.5 Å². The van der Waals surface area contributed by atoms with Crippen molar-refractivity contribution in [2.45, 2.75) is 65.2 Å². The number of ketones is 1. The highest BCUT2D eigenvalue weighted by Gasteiger charge is 2.14. The summed E-state index contributed by atoms with van der Waals surface area (Å²) in [6, 6.07) is 16.2. The van der Waals surface area contributed by atoms with E-state index >= 15 is 0 Å². The van der Waals surface area contributed by atoms with E-state index in [0.29, 0.717) is 18.6 Å². The number of methoxy groups -OCH3 is 1. The van der Waals surface area contributed by atoms with Gasteiger partial charge < -0.3 is 15.0 Å². The number of Topliss-reactive ketones (excluding diaryl/α,β-unsaturated/α-hetero) is 1. The molecule has 0 spiro atoms. The van der Waals surface area contributed by atoms with Gasteiger partial charge in [-0.05, 0) is 56.2 Å². The van der Waals surface area contributed by atoms with E-state index in [1.165, 1.54) is 12.8 Å². The summed E-state index contributed by atoms with van der Waals surface area (Å²) in [5.74, 6) is 2.89. The molecule has 6 heteroatoms. The molecule has 192 valence electrons. The molecule has 0 saturated heterocycles. The van der Waals surface area contributed by atoms with Gasteiger partial charge in [-0.1, -0.05) is 44.4 Å². The Morgan fingerprint density at radius 2 is 1.72 bits per heavy atom. The van der Waals surface area contributed by atoms with E-state index < -0.39 is 0 Å². The predicted octanol–water partition coefficient (Wildman–Crippen LogP) is 6.76. The highest BCUT2D eigenvalue weighted by molar-refractivity contribution is 5.91. The maximum absolute atomic E-state index is 11.4. The van der Waals surface area contributed by atoms with Gasteiger partial charge >= 0.3 is 0 Å². The summed E-state index contributed by atoms with van der Waals surface area (Å²) in [6.45, 7) is 4.92. The Kier molecular flexibility index (Phi) is 10.7.